The second-order valence-corrected chi connectivity index (χ2v) is 3.49. The van der Waals surface area contributed by atoms with Crippen molar-refractivity contribution in [2.24, 2.45) is 5.73 Å². The van der Waals surface area contributed by atoms with Crippen molar-refractivity contribution in [3.05, 3.63) is 34.6 Å². The van der Waals surface area contributed by atoms with Gasteiger partial charge in [-0.05, 0) is 18.4 Å². The van der Waals surface area contributed by atoms with Gasteiger partial charge in [-0.15, -0.1) is 0 Å². The molecule has 0 aliphatic heterocycles. The van der Waals surface area contributed by atoms with E-state index >= 15 is 0 Å². The fourth-order valence-electron chi connectivity index (χ4n) is 1.89. The van der Waals surface area contributed by atoms with Crippen LogP contribution in [0.15, 0.2) is 12.1 Å². The Bertz CT molecular complexity index is 363. The zero-order valence-electron chi connectivity index (χ0n) is 7.43. The van der Waals surface area contributed by atoms with Gasteiger partial charge < -0.3 is 5.73 Å². The van der Waals surface area contributed by atoms with Crippen LogP contribution in [0.4, 0.5) is 13.2 Å². The summed E-state index contributed by atoms with van der Waals surface area (Å²) in [6.07, 6.45) is -1.45. The number of alkyl halides is 2. The van der Waals surface area contributed by atoms with E-state index in [1.54, 1.807) is 6.07 Å². The van der Waals surface area contributed by atoms with E-state index in [4.69, 9.17) is 5.73 Å². The standard InChI is InChI=1S/C10H10F3N/c11-9-6(10(12)13)3-1-5-2-4-7(14)8(5)9/h1,3,7,10H,2,4,14H2/t7-/m0/s1. The Labute approximate surface area is 79.7 Å². The van der Waals surface area contributed by atoms with Gasteiger partial charge in [0.15, 0.2) is 0 Å². The highest BCUT2D eigenvalue weighted by molar-refractivity contribution is 5.39. The van der Waals surface area contributed by atoms with Crippen molar-refractivity contribution in [2.75, 3.05) is 0 Å². The smallest absolute Gasteiger partial charge is 0.266 e. The molecule has 0 aromatic heterocycles. The maximum absolute atomic E-state index is 13.5. The molecule has 0 spiro atoms. The average molecular weight is 201 g/mol. The molecule has 4 heteroatoms. The molecular formula is C10H10F3N. The summed E-state index contributed by atoms with van der Waals surface area (Å²) in [7, 11) is 0. The van der Waals surface area contributed by atoms with Crippen LogP contribution in [0.2, 0.25) is 0 Å². The Morgan fingerprint density at radius 3 is 2.71 bits per heavy atom. The van der Waals surface area contributed by atoms with Crippen molar-refractivity contribution in [3.63, 3.8) is 0 Å². The molecule has 0 saturated carbocycles. The number of hydrogen-bond acceptors (Lipinski definition) is 1. The highest BCUT2D eigenvalue weighted by atomic mass is 19.3. The third-order valence-corrected chi connectivity index (χ3v) is 2.63. The molecule has 1 aromatic carbocycles. The Morgan fingerprint density at radius 2 is 2.07 bits per heavy atom. The number of benzene rings is 1. The molecule has 14 heavy (non-hydrogen) atoms. The van der Waals surface area contributed by atoms with Crippen LogP contribution >= 0.6 is 0 Å². The minimum Gasteiger partial charge on any atom is -0.324 e. The van der Waals surface area contributed by atoms with Crippen LogP contribution in [0, 0.1) is 5.82 Å². The van der Waals surface area contributed by atoms with Crippen molar-refractivity contribution in [3.8, 4) is 0 Å². The molecule has 1 aromatic rings. The van der Waals surface area contributed by atoms with E-state index in [0.717, 1.165) is 11.6 Å². The first-order valence-electron chi connectivity index (χ1n) is 4.46. The molecule has 1 aliphatic carbocycles. The molecule has 0 amide bonds. The van der Waals surface area contributed by atoms with Crippen LogP contribution in [0.3, 0.4) is 0 Å². The molecule has 2 N–H and O–H groups in total. The molecule has 1 nitrogen and oxygen atoms in total. The molecule has 2 rings (SSSR count). The minimum absolute atomic E-state index is 0.280. The maximum atomic E-state index is 13.5. The van der Waals surface area contributed by atoms with Gasteiger partial charge in [-0.2, -0.15) is 0 Å². The lowest BCUT2D eigenvalue weighted by Gasteiger charge is -2.09. The number of nitrogens with two attached hydrogens (primary N) is 1. The summed E-state index contributed by atoms with van der Waals surface area (Å²) in [6.45, 7) is 0. The summed E-state index contributed by atoms with van der Waals surface area (Å²) in [4.78, 5) is 0. The molecule has 0 saturated heterocycles. The second-order valence-electron chi connectivity index (χ2n) is 3.49. The minimum atomic E-state index is -2.77. The molecule has 1 atom stereocenters. The number of halogens is 3. The molecular weight excluding hydrogens is 191 g/mol. The van der Waals surface area contributed by atoms with Gasteiger partial charge in [0, 0.05) is 11.6 Å². The van der Waals surface area contributed by atoms with Crippen LogP contribution in [0.5, 0.6) is 0 Å². The van der Waals surface area contributed by atoms with Crippen LogP contribution in [-0.4, -0.2) is 0 Å². The van der Waals surface area contributed by atoms with Crippen LogP contribution in [0.25, 0.3) is 0 Å². The van der Waals surface area contributed by atoms with Gasteiger partial charge in [0.2, 0.25) is 0 Å². The lowest BCUT2D eigenvalue weighted by Crippen LogP contribution is -2.09. The van der Waals surface area contributed by atoms with E-state index < -0.39 is 23.8 Å². The second kappa shape index (κ2) is 3.28. The number of fused-ring (bicyclic) bond motifs is 1. The molecule has 0 heterocycles. The fraction of sp³-hybridized carbons (Fsp3) is 0.400. The molecule has 1 aliphatic rings. The average Bonchev–Trinajstić information content (AvgIpc) is 2.48. The lowest BCUT2D eigenvalue weighted by molar-refractivity contribution is 0.146. The summed E-state index contributed by atoms with van der Waals surface area (Å²) >= 11 is 0. The highest BCUT2D eigenvalue weighted by Crippen LogP contribution is 2.35. The van der Waals surface area contributed by atoms with E-state index in [9.17, 15) is 13.2 Å². The fourth-order valence-corrected chi connectivity index (χ4v) is 1.89. The third kappa shape index (κ3) is 1.30. The van der Waals surface area contributed by atoms with E-state index in [1.165, 1.54) is 0 Å². The van der Waals surface area contributed by atoms with Gasteiger partial charge in [0.05, 0.1) is 5.56 Å². The van der Waals surface area contributed by atoms with Gasteiger partial charge in [0.1, 0.15) is 5.82 Å². The first-order chi connectivity index (χ1) is 6.61. The maximum Gasteiger partial charge on any atom is 0.266 e. The SMILES string of the molecule is N[C@H]1CCc2ccc(C(F)F)c(F)c21. The third-order valence-electron chi connectivity index (χ3n) is 2.63. The lowest BCUT2D eigenvalue weighted by atomic mass is 10.0. The van der Waals surface area contributed by atoms with Gasteiger partial charge in [-0.3, -0.25) is 0 Å². The van der Waals surface area contributed by atoms with Crippen LogP contribution in [0.1, 0.15) is 35.6 Å². The van der Waals surface area contributed by atoms with E-state index in [1.807, 2.05) is 0 Å². The van der Waals surface area contributed by atoms with Gasteiger partial charge >= 0.3 is 0 Å². The summed E-state index contributed by atoms with van der Waals surface area (Å²) in [5, 5.41) is 0. The van der Waals surface area contributed by atoms with Crippen molar-refractivity contribution < 1.29 is 13.2 Å². The normalized spacial score (nSPS) is 20.2. The predicted octanol–water partition coefficient (Wildman–Crippen LogP) is 2.71. The molecule has 0 radical (unpaired) electrons. The monoisotopic (exact) mass is 201 g/mol. The van der Waals surface area contributed by atoms with E-state index in [2.05, 4.69) is 0 Å². The van der Waals surface area contributed by atoms with Crippen LogP contribution < -0.4 is 5.73 Å². The summed E-state index contributed by atoms with van der Waals surface area (Å²) < 4.78 is 38.2. The van der Waals surface area contributed by atoms with E-state index in [0.29, 0.717) is 12.8 Å². The zero-order chi connectivity index (χ0) is 10.3. The Kier molecular flexibility index (Phi) is 2.23. The van der Waals surface area contributed by atoms with E-state index in [-0.39, 0.29) is 5.56 Å². The Hall–Kier alpha value is -1.03. The molecule has 0 fully saturated rings. The summed E-state index contributed by atoms with van der Waals surface area (Å²) in [5.74, 6) is -0.817. The topological polar surface area (TPSA) is 26.0 Å². The number of hydrogen-bond donors (Lipinski definition) is 1. The molecule has 0 unspecified atom stereocenters. The molecule has 76 valence electrons. The quantitative estimate of drug-likeness (QED) is 0.742. The largest absolute Gasteiger partial charge is 0.324 e. The highest BCUT2D eigenvalue weighted by Gasteiger charge is 2.26. The van der Waals surface area contributed by atoms with Crippen molar-refractivity contribution in [1.29, 1.82) is 0 Å². The number of rotatable bonds is 1. The predicted molar refractivity (Wildman–Crippen MR) is 46.6 cm³/mol. The summed E-state index contributed by atoms with van der Waals surface area (Å²) in [6, 6.07) is 2.27. The van der Waals surface area contributed by atoms with Crippen molar-refractivity contribution >= 4 is 0 Å². The number of aryl methyl sites for hydroxylation is 1. The van der Waals surface area contributed by atoms with Crippen molar-refractivity contribution in [1.82, 2.24) is 0 Å². The Morgan fingerprint density at radius 1 is 1.36 bits per heavy atom. The van der Waals surface area contributed by atoms with Gasteiger partial charge in [-0.25, -0.2) is 13.2 Å². The zero-order valence-corrected chi connectivity index (χ0v) is 7.43. The Balaban J connectivity index is 2.56. The summed E-state index contributed by atoms with van der Waals surface area (Å²) in [5.41, 5.74) is 6.13. The van der Waals surface area contributed by atoms with Gasteiger partial charge in [0.25, 0.3) is 6.43 Å². The molecule has 0 bridgehead atoms. The first-order valence-corrected chi connectivity index (χ1v) is 4.46. The van der Waals surface area contributed by atoms with Crippen LogP contribution in [-0.2, 0) is 6.42 Å². The van der Waals surface area contributed by atoms with Gasteiger partial charge in [-0.1, -0.05) is 12.1 Å². The first kappa shape index (κ1) is 9.52. The van der Waals surface area contributed by atoms with Crippen molar-refractivity contribution in [2.45, 2.75) is 25.3 Å².